The summed E-state index contributed by atoms with van der Waals surface area (Å²) in [7, 11) is 0. The predicted octanol–water partition coefficient (Wildman–Crippen LogP) is 4.26. The first-order valence-corrected chi connectivity index (χ1v) is 8.16. The van der Waals surface area contributed by atoms with Crippen LogP contribution < -0.4 is 0 Å². The topological polar surface area (TPSA) is 52.6 Å². The Hall–Kier alpha value is -1.06. The highest BCUT2D eigenvalue weighted by atomic mass is 16.5. The second kappa shape index (κ2) is 11.6. The molecule has 4 nitrogen and oxygen atoms in total. The lowest BCUT2D eigenvalue weighted by molar-refractivity contribution is -0.146. The molecule has 0 aromatic rings. The number of esters is 2. The molecule has 0 aliphatic rings. The van der Waals surface area contributed by atoms with Crippen molar-refractivity contribution in [1.29, 1.82) is 0 Å². The highest BCUT2D eigenvalue weighted by Crippen LogP contribution is 2.14. The van der Waals surface area contributed by atoms with Gasteiger partial charge in [0.15, 0.2) is 0 Å². The lowest BCUT2D eigenvalue weighted by Gasteiger charge is -2.17. The van der Waals surface area contributed by atoms with Crippen molar-refractivity contribution in [2.45, 2.75) is 79.1 Å². The number of ether oxygens (including phenoxy) is 2. The lowest BCUT2D eigenvalue weighted by Crippen LogP contribution is -2.18. The summed E-state index contributed by atoms with van der Waals surface area (Å²) in [6.45, 7) is 8.93. The fourth-order valence-electron chi connectivity index (χ4n) is 1.85. The fraction of sp³-hybridized carbons (Fsp3) is 0.882. The number of hydrogen-bond acceptors (Lipinski definition) is 4. The zero-order chi connectivity index (χ0) is 16.1. The minimum absolute atomic E-state index is 0.0363. The third-order valence-electron chi connectivity index (χ3n) is 2.98. The van der Waals surface area contributed by atoms with Crippen LogP contribution in [0.15, 0.2) is 0 Å². The second-order valence-corrected chi connectivity index (χ2v) is 6.65. The minimum atomic E-state index is -0.0981. The van der Waals surface area contributed by atoms with Gasteiger partial charge in [-0.15, -0.1) is 0 Å². The van der Waals surface area contributed by atoms with E-state index in [1.165, 1.54) is 0 Å². The van der Waals surface area contributed by atoms with E-state index in [2.05, 4.69) is 20.8 Å². The van der Waals surface area contributed by atoms with Crippen molar-refractivity contribution in [2.75, 3.05) is 13.2 Å². The Bertz CT molecular complexity index is 292. The first-order valence-electron chi connectivity index (χ1n) is 8.16. The highest BCUT2D eigenvalue weighted by molar-refractivity contribution is 5.69. The Labute approximate surface area is 129 Å². The molecule has 0 unspecified atom stereocenters. The Morgan fingerprint density at radius 2 is 1.19 bits per heavy atom. The zero-order valence-corrected chi connectivity index (χ0v) is 14.2. The van der Waals surface area contributed by atoms with Gasteiger partial charge in [-0.25, -0.2) is 0 Å². The van der Waals surface area contributed by atoms with Crippen molar-refractivity contribution in [3.05, 3.63) is 0 Å². The quantitative estimate of drug-likeness (QED) is 0.422. The van der Waals surface area contributed by atoms with Gasteiger partial charge in [-0.1, -0.05) is 46.5 Å². The van der Waals surface area contributed by atoms with Crippen molar-refractivity contribution >= 4 is 11.9 Å². The van der Waals surface area contributed by atoms with Crippen LogP contribution in [-0.4, -0.2) is 25.2 Å². The van der Waals surface area contributed by atoms with Crippen molar-refractivity contribution < 1.29 is 19.1 Å². The summed E-state index contributed by atoms with van der Waals surface area (Å²) in [5.41, 5.74) is 0.0363. The molecule has 0 heterocycles. The van der Waals surface area contributed by atoms with Gasteiger partial charge in [0.05, 0.1) is 13.2 Å². The molecule has 0 amide bonds. The number of unbranched alkanes of at least 4 members (excludes halogenated alkanes) is 5. The maximum Gasteiger partial charge on any atom is 0.305 e. The third kappa shape index (κ3) is 15.2. The van der Waals surface area contributed by atoms with Crippen LogP contribution in [-0.2, 0) is 19.1 Å². The van der Waals surface area contributed by atoms with Crippen molar-refractivity contribution in [1.82, 2.24) is 0 Å². The van der Waals surface area contributed by atoms with Gasteiger partial charge in [0.2, 0.25) is 0 Å². The summed E-state index contributed by atoms with van der Waals surface area (Å²) in [4.78, 5) is 22.6. The first-order chi connectivity index (χ1) is 9.85. The standard InChI is InChI=1S/C17H32O4/c1-5-20-15(18)12-10-8-6-7-9-11-13-16(19)21-14-17(2,3)4/h5-14H2,1-4H3. The van der Waals surface area contributed by atoms with Crippen molar-refractivity contribution in [2.24, 2.45) is 5.41 Å². The van der Waals surface area contributed by atoms with Crippen LogP contribution in [0.2, 0.25) is 0 Å². The van der Waals surface area contributed by atoms with Crippen molar-refractivity contribution in [3.63, 3.8) is 0 Å². The summed E-state index contributed by atoms with van der Waals surface area (Å²) in [5.74, 6) is -0.189. The van der Waals surface area contributed by atoms with Gasteiger partial charge in [-0.05, 0) is 25.2 Å². The van der Waals surface area contributed by atoms with E-state index in [4.69, 9.17) is 9.47 Å². The van der Waals surface area contributed by atoms with Gasteiger partial charge in [0.1, 0.15) is 0 Å². The molecule has 0 spiro atoms. The molecule has 0 aromatic heterocycles. The first kappa shape index (κ1) is 19.9. The number of carbonyl (C=O) groups is 2. The molecule has 4 heteroatoms. The molecule has 0 aromatic carbocycles. The maximum absolute atomic E-state index is 11.5. The molecule has 21 heavy (non-hydrogen) atoms. The summed E-state index contributed by atoms with van der Waals surface area (Å²) in [5, 5.41) is 0. The molecule has 0 aliphatic heterocycles. The average molecular weight is 300 g/mol. The number of rotatable bonds is 11. The predicted molar refractivity (Wildman–Crippen MR) is 84.0 cm³/mol. The van der Waals surface area contributed by atoms with Crippen LogP contribution in [0.1, 0.15) is 79.1 Å². The van der Waals surface area contributed by atoms with Gasteiger partial charge in [0.25, 0.3) is 0 Å². The molecule has 0 atom stereocenters. The SMILES string of the molecule is CCOC(=O)CCCCCCCCC(=O)OCC(C)(C)C. The van der Waals surface area contributed by atoms with E-state index in [0.717, 1.165) is 38.5 Å². The van der Waals surface area contributed by atoms with Crippen molar-refractivity contribution in [3.8, 4) is 0 Å². The Kier molecular flexibility index (Phi) is 11.0. The van der Waals surface area contributed by atoms with E-state index in [0.29, 0.717) is 26.1 Å². The van der Waals surface area contributed by atoms with Crippen LogP contribution in [0, 0.1) is 5.41 Å². The number of hydrogen-bond donors (Lipinski definition) is 0. The van der Waals surface area contributed by atoms with Crippen LogP contribution in [0.25, 0.3) is 0 Å². The summed E-state index contributed by atoms with van der Waals surface area (Å²) in [6.07, 6.45) is 7.13. The molecule has 0 saturated carbocycles. The molecule has 0 bridgehead atoms. The molecular formula is C17H32O4. The average Bonchev–Trinajstić information content (AvgIpc) is 2.39. The molecular weight excluding hydrogens is 268 g/mol. The monoisotopic (exact) mass is 300 g/mol. The smallest absolute Gasteiger partial charge is 0.305 e. The fourth-order valence-corrected chi connectivity index (χ4v) is 1.85. The van der Waals surface area contributed by atoms with E-state index in [1.54, 1.807) is 0 Å². The van der Waals surface area contributed by atoms with E-state index < -0.39 is 0 Å². The van der Waals surface area contributed by atoms with Gasteiger partial charge in [0, 0.05) is 12.8 Å². The third-order valence-corrected chi connectivity index (χ3v) is 2.98. The zero-order valence-electron chi connectivity index (χ0n) is 14.2. The Balaban J connectivity index is 3.32. The molecule has 0 rings (SSSR count). The van der Waals surface area contributed by atoms with Gasteiger partial charge in [-0.2, -0.15) is 0 Å². The highest BCUT2D eigenvalue weighted by Gasteiger charge is 2.13. The second-order valence-electron chi connectivity index (χ2n) is 6.65. The summed E-state index contributed by atoms with van der Waals surface area (Å²) >= 11 is 0. The van der Waals surface area contributed by atoms with E-state index in [1.807, 2.05) is 6.92 Å². The van der Waals surface area contributed by atoms with Crippen LogP contribution in [0.5, 0.6) is 0 Å². The van der Waals surface area contributed by atoms with Gasteiger partial charge >= 0.3 is 11.9 Å². The van der Waals surface area contributed by atoms with Crippen LogP contribution >= 0.6 is 0 Å². The summed E-state index contributed by atoms with van der Waals surface area (Å²) < 4.78 is 10.1. The molecule has 0 radical (unpaired) electrons. The van der Waals surface area contributed by atoms with Gasteiger partial charge < -0.3 is 9.47 Å². The van der Waals surface area contributed by atoms with Gasteiger partial charge in [-0.3, -0.25) is 9.59 Å². The largest absolute Gasteiger partial charge is 0.466 e. The Morgan fingerprint density at radius 1 is 0.762 bits per heavy atom. The molecule has 124 valence electrons. The molecule has 0 saturated heterocycles. The molecule has 0 N–H and O–H groups in total. The lowest BCUT2D eigenvalue weighted by atomic mass is 9.99. The van der Waals surface area contributed by atoms with Crippen LogP contribution in [0.4, 0.5) is 0 Å². The maximum atomic E-state index is 11.5. The molecule has 0 fully saturated rings. The van der Waals surface area contributed by atoms with E-state index >= 15 is 0 Å². The van der Waals surface area contributed by atoms with Crippen LogP contribution in [0.3, 0.4) is 0 Å². The number of carbonyl (C=O) groups excluding carboxylic acids is 2. The normalized spacial score (nSPS) is 11.2. The summed E-state index contributed by atoms with van der Waals surface area (Å²) in [6, 6.07) is 0. The van der Waals surface area contributed by atoms with E-state index in [9.17, 15) is 9.59 Å². The molecule has 0 aliphatic carbocycles. The minimum Gasteiger partial charge on any atom is -0.466 e. The van der Waals surface area contributed by atoms with E-state index in [-0.39, 0.29) is 17.4 Å². The Morgan fingerprint density at radius 3 is 1.62 bits per heavy atom.